The average molecular weight is 531 g/mol. The van der Waals surface area contributed by atoms with Gasteiger partial charge in [-0.1, -0.05) is 55.3 Å². The Morgan fingerprint density at radius 2 is 1.65 bits per heavy atom. The second kappa shape index (κ2) is 14.4. The number of halogens is 2. The molecule has 0 fully saturated rings. The molecule has 0 spiro atoms. The number of allylic oxidation sites excluding steroid dienone is 4. The standard InChI is InChI=1S/C19H16F2O4S.C9H16.C2H4/c1-19(20,21)16-11-18(22)25-17-8-5-13(10-15(16)17)9-12-3-6-14(7-4-12)26(2,23)24;1-4-6-7-8-9(3)5-2;1-2/h3-8,10-11H,9H2,1-2H3;5,7-8H,4,6H2,1-3H3;1-2H2/b;8-7-,9-5-;. The number of hydrogen-bond donors (Lipinski definition) is 0. The van der Waals surface area contributed by atoms with E-state index in [1.165, 1.54) is 36.6 Å². The van der Waals surface area contributed by atoms with Crippen molar-refractivity contribution in [1.82, 2.24) is 0 Å². The van der Waals surface area contributed by atoms with Gasteiger partial charge < -0.3 is 4.42 Å². The number of unbranched alkanes of at least 4 members (excludes halogenated alkanes) is 1. The van der Waals surface area contributed by atoms with Crippen molar-refractivity contribution in [2.24, 2.45) is 0 Å². The van der Waals surface area contributed by atoms with Crippen molar-refractivity contribution in [3.63, 3.8) is 0 Å². The highest BCUT2D eigenvalue weighted by molar-refractivity contribution is 7.90. The molecule has 0 atom stereocenters. The maximum Gasteiger partial charge on any atom is 0.336 e. The first kappa shape index (κ1) is 31.7. The van der Waals surface area contributed by atoms with Gasteiger partial charge in [-0.2, -0.15) is 0 Å². The molecule has 0 radical (unpaired) electrons. The fourth-order valence-electron chi connectivity index (χ4n) is 3.31. The lowest BCUT2D eigenvalue weighted by Crippen LogP contribution is -2.12. The van der Waals surface area contributed by atoms with Gasteiger partial charge in [0.1, 0.15) is 5.58 Å². The Hall–Kier alpha value is -3.32. The maximum absolute atomic E-state index is 13.8. The molecule has 1 aromatic heterocycles. The predicted molar refractivity (Wildman–Crippen MR) is 149 cm³/mol. The summed E-state index contributed by atoms with van der Waals surface area (Å²) in [6, 6.07) is 11.9. The van der Waals surface area contributed by atoms with Gasteiger partial charge >= 0.3 is 5.63 Å². The summed E-state index contributed by atoms with van der Waals surface area (Å²) in [6.45, 7) is 13.1. The van der Waals surface area contributed by atoms with Crippen molar-refractivity contribution < 1.29 is 21.6 Å². The summed E-state index contributed by atoms with van der Waals surface area (Å²) >= 11 is 0. The zero-order chi connectivity index (χ0) is 28.2. The molecule has 0 aliphatic heterocycles. The fourth-order valence-corrected chi connectivity index (χ4v) is 3.94. The molecule has 0 saturated carbocycles. The lowest BCUT2D eigenvalue weighted by atomic mass is 9.99. The van der Waals surface area contributed by atoms with Crippen LogP contribution in [0.3, 0.4) is 0 Å². The highest BCUT2D eigenvalue weighted by atomic mass is 32.2. The smallest absolute Gasteiger partial charge is 0.336 e. The van der Waals surface area contributed by atoms with E-state index in [9.17, 15) is 22.0 Å². The van der Waals surface area contributed by atoms with Crippen LogP contribution in [0, 0.1) is 0 Å². The van der Waals surface area contributed by atoms with Crippen molar-refractivity contribution in [2.75, 3.05) is 6.26 Å². The molecular formula is C30H36F2O4S. The third kappa shape index (κ3) is 10.3. The molecule has 0 bridgehead atoms. The molecule has 0 aliphatic carbocycles. The Kier molecular flexibility index (Phi) is 12.4. The largest absolute Gasteiger partial charge is 0.423 e. The van der Waals surface area contributed by atoms with Crippen LogP contribution in [0.15, 0.2) is 99.6 Å². The Labute approximate surface area is 219 Å². The monoisotopic (exact) mass is 530 g/mol. The maximum atomic E-state index is 13.8. The summed E-state index contributed by atoms with van der Waals surface area (Å²) in [5.41, 5.74) is 1.83. The predicted octanol–water partition coefficient (Wildman–Crippen LogP) is 8.01. The van der Waals surface area contributed by atoms with E-state index in [1.807, 2.05) is 0 Å². The minimum Gasteiger partial charge on any atom is -0.423 e. The van der Waals surface area contributed by atoms with Gasteiger partial charge in [-0.3, -0.25) is 0 Å². The summed E-state index contributed by atoms with van der Waals surface area (Å²) in [6.07, 6.45) is 10.5. The van der Waals surface area contributed by atoms with E-state index >= 15 is 0 Å². The minimum absolute atomic E-state index is 0.102. The Morgan fingerprint density at radius 3 is 2.16 bits per heavy atom. The van der Waals surface area contributed by atoms with Crippen molar-refractivity contribution in [3.05, 3.63) is 113 Å². The number of rotatable bonds is 7. The Balaban J connectivity index is 0.000000529. The summed E-state index contributed by atoms with van der Waals surface area (Å²) in [5.74, 6) is -3.18. The molecule has 200 valence electrons. The van der Waals surface area contributed by atoms with E-state index in [1.54, 1.807) is 24.3 Å². The number of fused-ring (bicyclic) bond motifs is 1. The first-order valence-electron chi connectivity index (χ1n) is 11.9. The van der Waals surface area contributed by atoms with Crippen LogP contribution in [0.5, 0.6) is 0 Å². The highest BCUT2D eigenvalue weighted by Crippen LogP contribution is 2.32. The molecule has 0 aliphatic rings. The molecule has 0 unspecified atom stereocenters. The van der Waals surface area contributed by atoms with Gasteiger partial charge in [0.05, 0.1) is 4.90 Å². The SMILES string of the molecule is C/C=C(C)\C=C/CCC.C=C.CC(F)(F)c1cc(=O)oc2ccc(Cc3ccc(S(C)(=O)=O)cc3)cc12. The second-order valence-electron chi connectivity index (χ2n) is 8.51. The lowest BCUT2D eigenvalue weighted by Gasteiger charge is -2.13. The molecule has 4 nitrogen and oxygen atoms in total. The van der Waals surface area contributed by atoms with Gasteiger partial charge in [-0.25, -0.2) is 22.0 Å². The number of benzene rings is 2. The van der Waals surface area contributed by atoms with Gasteiger partial charge in [-0.05, 0) is 62.1 Å². The molecule has 2 aromatic carbocycles. The number of hydrogen-bond acceptors (Lipinski definition) is 4. The normalized spacial score (nSPS) is 12.0. The lowest BCUT2D eigenvalue weighted by molar-refractivity contribution is 0.0186. The number of alkyl halides is 2. The van der Waals surface area contributed by atoms with Crippen molar-refractivity contribution in [2.45, 2.75) is 57.8 Å². The van der Waals surface area contributed by atoms with Crippen LogP contribution in [-0.4, -0.2) is 14.7 Å². The first-order chi connectivity index (χ1) is 17.3. The van der Waals surface area contributed by atoms with Crippen LogP contribution in [0.4, 0.5) is 8.78 Å². The van der Waals surface area contributed by atoms with Crippen LogP contribution in [0.25, 0.3) is 11.0 Å². The van der Waals surface area contributed by atoms with Crippen LogP contribution >= 0.6 is 0 Å². The second-order valence-corrected chi connectivity index (χ2v) is 10.5. The molecule has 3 aromatic rings. The fraction of sp³-hybridized carbons (Fsp3) is 0.300. The summed E-state index contributed by atoms with van der Waals surface area (Å²) < 4.78 is 55.7. The third-order valence-electron chi connectivity index (χ3n) is 5.33. The van der Waals surface area contributed by atoms with E-state index in [4.69, 9.17) is 4.42 Å². The van der Waals surface area contributed by atoms with Gasteiger partial charge in [0.15, 0.2) is 9.84 Å². The van der Waals surface area contributed by atoms with Gasteiger partial charge in [0, 0.05) is 30.2 Å². The molecule has 7 heteroatoms. The average Bonchev–Trinajstić information content (AvgIpc) is 2.84. The molecule has 0 amide bonds. The summed E-state index contributed by atoms with van der Waals surface area (Å²) in [4.78, 5) is 11.7. The van der Waals surface area contributed by atoms with Crippen molar-refractivity contribution in [1.29, 1.82) is 0 Å². The van der Waals surface area contributed by atoms with Crippen LogP contribution < -0.4 is 5.63 Å². The number of sulfone groups is 1. The van der Waals surface area contributed by atoms with E-state index in [-0.39, 0.29) is 21.4 Å². The Bertz CT molecular complexity index is 1380. The van der Waals surface area contributed by atoms with Crippen LogP contribution in [0.2, 0.25) is 0 Å². The van der Waals surface area contributed by atoms with Crippen molar-refractivity contribution >= 4 is 20.8 Å². The quantitative estimate of drug-likeness (QED) is 0.176. The van der Waals surface area contributed by atoms with E-state index in [2.05, 4.69) is 52.2 Å². The van der Waals surface area contributed by atoms with Crippen LogP contribution in [0.1, 0.15) is 57.2 Å². The molecular weight excluding hydrogens is 494 g/mol. The first-order valence-corrected chi connectivity index (χ1v) is 13.8. The van der Waals surface area contributed by atoms with Crippen molar-refractivity contribution in [3.8, 4) is 0 Å². The third-order valence-corrected chi connectivity index (χ3v) is 6.46. The van der Waals surface area contributed by atoms with Gasteiger partial charge in [0.2, 0.25) is 0 Å². The Morgan fingerprint density at radius 1 is 1.05 bits per heavy atom. The molecule has 37 heavy (non-hydrogen) atoms. The highest BCUT2D eigenvalue weighted by Gasteiger charge is 2.28. The molecule has 0 N–H and O–H groups in total. The van der Waals surface area contributed by atoms with E-state index < -0.39 is 21.4 Å². The summed E-state index contributed by atoms with van der Waals surface area (Å²) in [7, 11) is -3.27. The molecule has 3 rings (SSSR count). The van der Waals surface area contributed by atoms with Crippen LogP contribution in [-0.2, 0) is 22.2 Å². The minimum atomic E-state index is -3.27. The zero-order valence-electron chi connectivity index (χ0n) is 22.2. The molecule has 1 heterocycles. The zero-order valence-corrected chi connectivity index (χ0v) is 23.0. The van der Waals surface area contributed by atoms with Gasteiger partial charge in [0.25, 0.3) is 5.92 Å². The summed E-state index contributed by atoms with van der Waals surface area (Å²) in [5, 5.41) is 0.183. The van der Waals surface area contributed by atoms with E-state index in [0.717, 1.165) is 30.4 Å². The molecule has 0 saturated heterocycles. The van der Waals surface area contributed by atoms with Gasteiger partial charge in [-0.15, -0.1) is 13.2 Å². The van der Waals surface area contributed by atoms with E-state index in [0.29, 0.717) is 6.42 Å². The topological polar surface area (TPSA) is 64.3 Å².